The quantitative estimate of drug-likeness (QED) is 0.0755. The molecule has 1 amide bonds. The molecule has 0 radical (unpaired) electrons. The van der Waals surface area contributed by atoms with E-state index in [1.54, 1.807) is 18.2 Å². The third kappa shape index (κ3) is 33.5. The number of hydrogen-bond acceptors (Lipinski definition) is 17. The molecule has 2 aromatic rings. The van der Waals surface area contributed by atoms with Crippen molar-refractivity contribution < 1.29 is 79.0 Å². The Morgan fingerprint density at radius 1 is 0.390 bits per heavy atom. The van der Waals surface area contributed by atoms with Crippen LogP contribution in [0.15, 0.2) is 65.6 Å². The Kier molecular flexibility index (Phi) is 34.8. The monoisotopic (exact) mass is 863 g/mol. The maximum absolute atomic E-state index is 12.0. The number of nitrogens with one attached hydrogen (secondary N) is 1. The summed E-state index contributed by atoms with van der Waals surface area (Å²) in [7, 11) is -3.77. The zero-order valence-electron chi connectivity index (χ0n) is 34.2. The Morgan fingerprint density at radius 3 is 1.02 bits per heavy atom. The fraction of sp³-hybridized carbons (Fsp3) is 0.675. The van der Waals surface area contributed by atoms with Gasteiger partial charge >= 0.3 is 6.09 Å². The lowest BCUT2D eigenvalue weighted by Crippen LogP contribution is -2.28. The molecule has 0 spiro atoms. The number of hydrogen-bond donors (Lipinski definition) is 1. The van der Waals surface area contributed by atoms with Crippen LogP contribution in [0.1, 0.15) is 5.56 Å². The maximum Gasteiger partial charge on any atom is 0.407 e. The minimum atomic E-state index is -3.77. The molecule has 0 unspecified atom stereocenters. The minimum Gasteiger partial charge on any atom is -0.445 e. The number of alkyl carbamates (subject to hydrolysis) is 1. The van der Waals surface area contributed by atoms with E-state index < -0.39 is 16.2 Å². The van der Waals surface area contributed by atoms with Crippen molar-refractivity contribution in [3.63, 3.8) is 0 Å². The highest BCUT2D eigenvalue weighted by Crippen LogP contribution is 2.10. The van der Waals surface area contributed by atoms with Gasteiger partial charge in [-0.05, 0) is 17.7 Å². The van der Waals surface area contributed by atoms with Gasteiger partial charge in [0.25, 0.3) is 10.1 Å². The second kappa shape index (κ2) is 39.3. The summed E-state index contributed by atoms with van der Waals surface area (Å²) in [6, 6.07) is 17.4. The fourth-order valence-corrected chi connectivity index (χ4v) is 5.29. The van der Waals surface area contributed by atoms with Crippen molar-refractivity contribution in [1.82, 2.24) is 5.32 Å². The van der Waals surface area contributed by atoms with Crippen LogP contribution in [0.5, 0.6) is 0 Å². The van der Waals surface area contributed by atoms with Crippen LogP contribution in [-0.4, -0.2) is 186 Å². The van der Waals surface area contributed by atoms with Crippen molar-refractivity contribution in [3.8, 4) is 0 Å². The Hall–Kier alpha value is -2.86. The third-order valence-corrected chi connectivity index (χ3v) is 8.65. The highest BCUT2D eigenvalue weighted by molar-refractivity contribution is 7.86. The molecule has 0 aromatic heterocycles. The van der Waals surface area contributed by atoms with E-state index in [0.29, 0.717) is 159 Å². The maximum atomic E-state index is 12.0. The van der Waals surface area contributed by atoms with Gasteiger partial charge in [-0.1, -0.05) is 48.5 Å². The van der Waals surface area contributed by atoms with Crippen LogP contribution in [0.25, 0.3) is 0 Å². The van der Waals surface area contributed by atoms with E-state index in [4.69, 9.17) is 65.8 Å². The van der Waals surface area contributed by atoms with Gasteiger partial charge in [-0.25, -0.2) is 4.79 Å². The summed E-state index contributed by atoms with van der Waals surface area (Å²) in [5.41, 5.74) is 0.931. The van der Waals surface area contributed by atoms with E-state index >= 15 is 0 Å². The van der Waals surface area contributed by atoms with Gasteiger partial charge in [0.15, 0.2) is 0 Å². The number of carbonyl (C=O) groups excluding carboxylic acids is 1. The normalized spacial score (nSPS) is 11.6. The predicted octanol–water partition coefficient (Wildman–Crippen LogP) is 2.52. The molecule has 0 saturated heterocycles. The van der Waals surface area contributed by atoms with Gasteiger partial charge in [0.2, 0.25) is 0 Å². The molecule has 18 nitrogen and oxygen atoms in total. The Labute approximate surface area is 349 Å². The van der Waals surface area contributed by atoms with Crippen LogP contribution in [0.3, 0.4) is 0 Å². The van der Waals surface area contributed by atoms with Crippen LogP contribution in [0.4, 0.5) is 4.79 Å². The smallest absolute Gasteiger partial charge is 0.407 e. The van der Waals surface area contributed by atoms with Crippen LogP contribution >= 0.6 is 0 Å². The summed E-state index contributed by atoms with van der Waals surface area (Å²) in [6.45, 7) is 10.9. The summed E-state index contributed by atoms with van der Waals surface area (Å²) in [4.78, 5) is 11.8. The molecule has 19 heteroatoms. The molecule has 0 bridgehead atoms. The molecule has 59 heavy (non-hydrogen) atoms. The summed E-state index contributed by atoms with van der Waals surface area (Å²) in [6.07, 6.45) is -0.476. The van der Waals surface area contributed by atoms with Gasteiger partial charge in [0, 0.05) is 6.54 Å². The van der Waals surface area contributed by atoms with Crippen molar-refractivity contribution in [2.75, 3.05) is 172 Å². The minimum absolute atomic E-state index is 0.0654. The summed E-state index contributed by atoms with van der Waals surface area (Å²) in [5, 5.41) is 2.64. The van der Waals surface area contributed by atoms with Gasteiger partial charge in [0.1, 0.15) is 6.61 Å². The lowest BCUT2D eigenvalue weighted by Gasteiger charge is -2.09. The highest BCUT2D eigenvalue weighted by Gasteiger charge is 2.13. The van der Waals surface area contributed by atoms with Crippen LogP contribution < -0.4 is 5.32 Å². The van der Waals surface area contributed by atoms with Crippen LogP contribution in [0, 0.1) is 0 Å². The largest absolute Gasteiger partial charge is 0.445 e. The Morgan fingerprint density at radius 2 is 0.678 bits per heavy atom. The number of carbonyl (C=O) groups is 1. The van der Waals surface area contributed by atoms with Crippen LogP contribution in [-0.2, 0) is 82.5 Å². The van der Waals surface area contributed by atoms with E-state index in [0.717, 1.165) is 5.56 Å². The second-order valence-corrected chi connectivity index (χ2v) is 13.5. The summed E-state index contributed by atoms with van der Waals surface area (Å²) < 4.78 is 99.5. The molecule has 0 atom stereocenters. The first kappa shape index (κ1) is 52.3. The molecular weight excluding hydrogens is 798 g/mol. The summed E-state index contributed by atoms with van der Waals surface area (Å²) >= 11 is 0. The molecule has 0 heterocycles. The van der Waals surface area contributed by atoms with E-state index in [-0.39, 0.29) is 24.7 Å². The van der Waals surface area contributed by atoms with Crippen molar-refractivity contribution >= 4 is 16.2 Å². The highest BCUT2D eigenvalue weighted by atomic mass is 32.2. The fourth-order valence-electron chi connectivity index (χ4n) is 4.38. The van der Waals surface area contributed by atoms with Crippen molar-refractivity contribution in [1.29, 1.82) is 0 Å². The standard InChI is InChI=1S/C40H65NO17S/c42-40(57-37-38-7-3-1-4-8-38)41-11-12-45-13-14-46-15-16-47-17-18-48-19-20-49-21-22-50-23-24-51-25-26-52-27-28-53-29-30-54-31-32-55-33-34-56-35-36-58-59(43,44)39-9-5-2-6-10-39/h1-10H,11-37H2,(H,41,42). The third-order valence-electron chi connectivity index (χ3n) is 7.32. The average molecular weight is 864 g/mol. The zero-order chi connectivity index (χ0) is 42.0. The van der Waals surface area contributed by atoms with Gasteiger partial charge in [-0.15, -0.1) is 0 Å². The first-order valence-corrected chi connectivity index (χ1v) is 21.3. The predicted molar refractivity (Wildman–Crippen MR) is 214 cm³/mol. The lowest BCUT2D eigenvalue weighted by molar-refractivity contribution is -0.0285. The Balaban J connectivity index is 1.14. The van der Waals surface area contributed by atoms with Gasteiger partial charge in [0.05, 0.1) is 170 Å². The van der Waals surface area contributed by atoms with E-state index in [9.17, 15) is 13.2 Å². The molecule has 0 aliphatic carbocycles. The van der Waals surface area contributed by atoms with E-state index in [1.165, 1.54) is 12.1 Å². The average Bonchev–Trinajstić information content (AvgIpc) is 3.25. The number of benzene rings is 2. The molecule has 0 saturated carbocycles. The molecule has 1 N–H and O–H groups in total. The van der Waals surface area contributed by atoms with E-state index in [1.807, 2.05) is 30.3 Å². The molecule has 0 aliphatic heterocycles. The zero-order valence-corrected chi connectivity index (χ0v) is 35.0. The van der Waals surface area contributed by atoms with Crippen molar-refractivity contribution in [2.45, 2.75) is 11.5 Å². The first-order chi connectivity index (χ1) is 29.1. The van der Waals surface area contributed by atoms with Gasteiger partial charge < -0.3 is 66.9 Å². The van der Waals surface area contributed by atoms with Crippen LogP contribution in [0.2, 0.25) is 0 Å². The van der Waals surface area contributed by atoms with E-state index in [2.05, 4.69) is 5.32 Å². The first-order valence-electron chi connectivity index (χ1n) is 19.9. The number of amides is 1. The molecule has 338 valence electrons. The van der Waals surface area contributed by atoms with Crippen molar-refractivity contribution in [2.24, 2.45) is 0 Å². The van der Waals surface area contributed by atoms with Crippen molar-refractivity contribution in [3.05, 3.63) is 66.2 Å². The Bertz CT molecular complexity index is 1310. The number of ether oxygens (including phenoxy) is 13. The summed E-state index contributed by atoms with van der Waals surface area (Å²) in [5.74, 6) is 0. The topological polar surface area (TPSA) is 192 Å². The lowest BCUT2D eigenvalue weighted by atomic mass is 10.2. The molecular formula is C40H65NO17S. The molecule has 2 rings (SSSR count). The molecule has 0 aliphatic rings. The number of rotatable bonds is 43. The van der Waals surface area contributed by atoms with Gasteiger partial charge in [-0.3, -0.25) is 4.18 Å². The molecule has 2 aromatic carbocycles. The van der Waals surface area contributed by atoms with Gasteiger partial charge in [-0.2, -0.15) is 8.42 Å². The molecule has 0 fully saturated rings. The second-order valence-electron chi connectivity index (χ2n) is 11.9. The SMILES string of the molecule is O=C(NCCOCCOCCOCCOCCOCCOCCOCCOCCOCCOCCOCCOCCOS(=O)(=O)c1ccccc1)OCc1ccccc1.